The Balaban J connectivity index is 2.50. The zero-order chi connectivity index (χ0) is 14.1. The van der Waals surface area contributed by atoms with E-state index in [1.807, 2.05) is 0 Å². The highest BCUT2D eigenvalue weighted by Crippen LogP contribution is 2.23. The lowest BCUT2D eigenvalue weighted by Gasteiger charge is -2.12. The van der Waals surface area contributed by atoms with Crippen molar-refractivity contribution in [3.63, 3.8) is 0 Å². The lowest BCUT2D eigenvalue weighted by molar-refractivity contribution is 0.616. The molecule has 19 heavy (non-hydrogen) atoms. The zero-order valence-electron chi connectivity index (χ0n) is 12.9. The first kappa shape index (κ1) is 16.0. The molecular weight excluding hydrogens is 230 g/mol. The molecule has 0 heterocycles. The van der Waals surface area contributed by atoms with Gasteiger partial charge in [0.15, 0.2) is 0 Å². The first-order valence-electron chi connectivity index (χ1n) is 7.67. The quantitative estimate of drug-likeness (QED) is 0.632. The summed E-state index contributed by atoms with van der Waals surface area (Å²) in [6, 6.07) is 6.80. The van der Waals surface area contributed by atoms with E-state index in [2.05, 4.69) is 50.9 Å². The molecule has 0 aliphatic carbocycles. The average molecular weight is 259 g/mol. The highest BCUT2D eigenvalue weighted by Gasteiger charge is 2.05. The van der Waals surface area contributed by atoms with Gasteiger partial charge in [-0.1, -0.05) is 50.6 Å². The minimum atomic E-state index is 1.04. The Labute approximate surface area is 119 Å². The first-order valence-corrected chi connectivity index (χ1v) is 7.67. The van der Waals surface area contributed by atoms with Crippen molar-refractivity contribution in [3.8, 4) is 0 Å². The Bertz CT molecular complexity index is 393. The SMILES string of the molecule is C=C(CC)c1cc(C)ccc1CCCCCNCC. The summed E-state index contributed by atoms with van der Waals surface area (Å²) < 4.78 is 0. The van der Waals surface area contributed by atoms with E-state index in [1.54, 1.807) is 0 Å². The number of benzene rings is 1. The van der Waals surface area contributed by atoms with Gasteiger partial charge in [-0.2, -0.15) is 0 Å². The zero-order valence-corrected chi connectivity index (χ0v) is 12.9. The van der Waals surface area contributed by atoms with Crippen LogP contribution in [0.2, 0.25) is 0 Å². The predicted molar refractivity (Wildman–Crippen MR) is 86.6 cm³/mol. The topological polar surface area (TPSA) is 12.0 Å². The van der Waals surface area contributed by atoms with Gasteiger partial charge in [0.05, 0.1) is 0 Å². The molecule has 106 valence electrons. The molecule has 0 saturated carbocycles. The Morgan fingerprint density at radius 2 is 1.95 bits per heavy atom. The van der Waals surface area contributed by atoms with E-state index in [0.717, 1.165) is 19.5 Å². The van der Waals surface area contributed by atoms with Crippen molar-refractivity contribution >= 4 is 5.57 Å². The van der Waals surface area contributed by atoms with Crippen molar-refractivity contribution in [2.45, 2.75) is 52.9 Å². The van der Waals surface area contributed by atoms with Crippen molar-refractivity contribution < 1.29 is 0 Å². The van der Waals surface area contributed by atoms with Crippen LogP contribution in [-0.2, 0) is 6.42 Å². The van der Waals surface area contributed by atoms with E-state index in [4.69, 9.17) is 0 Å². The second-order valence-electron chi connectivity index (χ2n) is 5.28. The first-order chi connectivity index (χ1) is 9.19. The maximum atomic E-state index is 4.20. The fraction of sp³-hybridized carbons (Fsp3) is 0.556. The molecule has 0 aromatic heterocycles. The van der Waals surface area contributed by atoms with Gasteiger partial charge in [-0.25, -0.2) is 0 Å². The van der Waals surface area contributed by atoms with Crippen LogP contribution in [0.3, 0.4) is 0 Å². The summed E-state index contributed by atoms with van der Waals surface area (Å²) in [6.07, 6.45) is 6.08. The van der Waals surface area contributed by atoms with Gasteiger partial charge in [0.1, 0.15) is 0 Å². The fourth-order valence-electron chi connectivity index (χ4n) is 2.35. The second-order valence-corrected chi connectivity index (χ2v) is 5.28. The molecule has 0 radical (unpaired) electrons. The van der Waals surface area contributed by atoms with Gasteiger partial charge in [0.25, 0.3) is 0 Å². The van der Waals surface area contributed by atoms with Crippen LogP contribution in [-0.4, -0.2) is 13.1 Å². The van der Waals surface area contributed by atoms with E-state index < -0.39 is 0 Å². The molecule has 1 N–H and O–H groups in total. The Kier molecular flexibility index (Phi) is 7.50. The molecule has 1 nitrogen and oxygen atoms in total. The summed E-state index contributed by atoms with van der Waals surface area (Å²) in [5.41, 5.74) is 5.46. The number of nitrogens with one attached hydrogen (secondary N) is 1. The van der Waals surface area contributed by atoms with Crippen LogP contribution in [0.4, 0.5) is 0 Å². The number of hydrogen-bond donors (Lipinski definition) is 1. The van der Waals surface area contributed by atoms with Crippen molar-refractivity contribution in [3.05, 3.63) is 41.5 Å². The third kappa shape index (κ3) is 5.61. The van der Waals surface area contributed by atoms with Crippen LogP contribution >= 0.6 is 0 Å². The minimum absolute atomic E-state index is 1.04. The van der Waals surface area contributed by atoms with Gasteiger partial charge < -0.3 is 5.32 Å². The number of unbranched alkanes of at least 4 members (excludes halogenated alkanes) is 2. The summed E-state index contributed by atoms with van der Waals surface area (Å²) in [4.78, 5) is 0. The van der Waals surface area contributed by atoms with Crippen LogP contribution in [0.15, 0.2) is 24.8 Å². The Morgan fingerprint density at radius 1 is 1.16 bits per heavy atom. The number of aryl methyl sites for hydroxylation is 2. The van der Waals surface area contributed by atoms with Crippen molar-refractivity contribution in [2.24, 2.45) is 0 Å². The predicted octanol–water partition coefficient (Wildman–Crippen LogP) is 4.74. The van der Waals surface area contributed by atoms with Crippen LogP contribution < -0.4 is 5.32 Å². The lowest BCUT2D eigenvalue weighted by Crippen LogP contribution is -2.13. The maximum Gasteiger partial charge on any atom is -0.00490 e. The largest absolute Gasteiger partial charge is 0.317 e. The van der Waals surface area contributed by atoms with E-state index >= 15 is 0 Å². The molecule has 0 atom stereocenters. The summed E-state index contributed by atoms with van der Waals surface area (Å²) >= 11 is 0. The lowest BCUT2D eigenvalue weighted by atomic mass is 9.94. The molecule has 0 saturated heterocycles. The summed E-state index contributed by atoms with van der Waals surface area (Å²) in [6.45, 7) is 12.9. The standard InChI is InChI=1S/C18H29N/c1-5-16(4)18-14-15(3)11-12-17(18)10-8-7-9-13-19-6-2/h11-12,14,19H,4-10,13H2,1-3H3. The van der Waals surface area contributed by atoms with E-state index in [9.17, 15) is 0 Å². The maximum absolute atomic E-state index is 4.20. The molecule has 0 spiro atoms. The summed E-state index contributed by atoms with van der Waals surface area (Å²) in [7, 11) is 0. The molecule has 1 aromatic rings. The summed E-state index contributed by atoms with van der Waals surface area (Å²) in [5, 5.41) is 3.38. The molecular formula is C18H29N. The molecule has 0 bridgehead atoms. The van der Waals surface area contributed by atoms with Crippen LogP contribution in [0.25, 0.3) is 5.57 Å². The third-order valence-electron chi connectivity index (χ3n) is 3.62. The monoisotopic (exact) mass is 259 g/mol. The van der Waals surface area contributed by atoms with Crippen molar-refractivity contribution in [1.82, 2.24) is 5.32 Å². The van der Waals surface area contributed by atoms with E-state index in [1.165, 1.54) is 47.9 Å². The van der Waals surface area contributed by atoms with Crippen LogP contribution in [0.5, 0.6) is 0 Å². The average Bonchev–Trinajstić information content (AvgIpc) is 2.43. The molecule has 0 aliphatic heterocycles. The summed E-state index contributed by atoms with van der Waals surface area (Å²) in [5.74, 6) is 0. The van der Waals surface area contributed by atoms with Crippen LogP contribution in [0.1, 0.15) is 56.2 Å². The van der Waals surface area contributed by atoms with Gasteiger partial charge in [-0.15, -0.1) is 0 Å². The molecule has 0 amide bonds. The Morgan fingerprint density at radius 3 is 2.63 bits per heavy atom. The second kappa shape index (κ2) is 8.92. The van der Waals surface area contributed by atoms with Crippen molar-refractivity contribution in [1.29, 1.82) is 0 Å². The molecule has 1 heteroatoms. The Hall–Kier alpha value is -1.08. The molecule has 0 fully saturated rings. The number of allylic oxidation sites excluding steroid dienone is 1. The van der Waals surface area contributed by atoms with Crippen molar-refractivity contribution in [2.75, 3.05) is 13.1 Å². The van der Waals surface area contributed by atoms with Gasteiger partial charge in [-0.3, -0.25) is 0 Å². The van der Waals surface area contributed by atoms with Crippen LogP contribution in [0, 0.1) is 6.92 Å². The molecule has 0 aliphatic rings. The van der Waals surface area contributed by atoms with Gasteiger partial charge >= 0.3 is 0 Å². The van der Waals surface area contributed by atoms with E-state index in [-0.39, 0.29) is 0 Å². The van der Waals surface area contributed by atoms with Gasteiger partial charge in [-0.05, 0) is 62.4 Å². The van der Waals surface area contributed by atoms with E-state index in [0.29, 0.717) is 0 Å². The van der Waals surface area contributed by atoms with Gasteiger partial charge in [0, 0.05) is 0 Å². The fourth-order valence-corrected chi connectivity index (χ4v) is 2.35. The minimum Gasteiger partial charge on any atom is -0.317 e. The highest BCUT2D eigenvalue weighted by molar-refractivity contribution is 5.66. The third-order valence-corrected chi connectivity index (χ3v) is 3.62. The smallest absolute Gasteiger partial charge is 0.00490 e. The number of rotatable bonds is 9. The molecule has 1 aromatic carbocycles. The molecule has 1 rings (SSSR count). The normalized spacial score (nSPS) is 10.7. The number of hydrogen-bond acceptors (Lipinski definition) is 1. The molecule has 0 unspecified atom stereocenters. The highest BCUT2D eigenvalue weighted by atomic mass is 14.8. The van der Waals surface area contributed by atoms with Gasteiger partial charge in [0.2, 0.25) is 0 Å².